The molecule has 2 rings (SSSR count). The zero-order valence-electron chi connectivity index (χ0n) is 18.2. The fraction of sp³-hybridized carbons (Fsp3) is 0.304. The van der Waals surface area contributed by atoms with Crippen molar-refractivity contribution >= 4 is 23.5 Å². The molecule has 0 aromatic heterocycles. The molecule has 0 unspecified atom stereocenters. The highest BCUT2D eigenvalue weighted by Gasteiger charge is 2.10. The number of Topliss-reactive ketones (excluding diaryl/α,β-unsaturated/α-hetero) is 1. The lowest BCUT2D eigenvalue weighted by Crippen LogP contribution is -2.37. The average Bonchev–Trinajstić information content (AvgIpc) is 2.81. The fourth-order valence-corrected chi connectivity index (χ4v) is 2.65. The van der Waals surface area contributed by atoms with Gasteiger partial charge < -0.3 is 26.0 Å². The molecule has 0 aliphatic heterocycles. The second-order valence-corrected chi connectivity index (χ2v) is 6.87. The van der Waals surface area contributed by atoms with Gasteiger partial charge in [0.05, 0.1) is 19.9 Å². The maximum absolute atomic E-state index is 12.2. The Bertz CT molecular complexity index is 926. The van der Waals surface area contributed by atoms with Crippen LogP contribution < -0.4 is 21.3 Å². The predicted molar refractivity (Wildman–Crippen MR) is 120 cm³/mol. The van der Waals surface area contributed by atoms with Crippen molar-refractivity contribution in [1.29, 1.82) is 0 Å². The summed E-state index contributed by atoms with van der Waals surface area (Å²) in [6.07, 6.45) is 0. The third-order valence-electron chi connectivity index (χ3n) is 4.49. The summed E-state index contributed by atoms with van der Waals surface area (Å²) >= 11 is 0. The molecule has 0 aliphatic rings. The zero-order chi connectivity index (χ0) is 23.3. The van der Waals surface area contributed by atoms with Gasteiger partial charge in [0.2, 0.25) is 0 Å². The molecule has 0 spiro atoms. The van der Waals surface area contributed by atoms with Crippen LogP contribution in [-0.4, -0.2) is 63.5 Å². The molecule has 0 saturated carbocycles. The average molecular weight is 441 g/mol. The van der Waals surface area contributed by atoms with Crippen LogP contribution in [0.15, 0.2) is 48.5 Å². The number of likely N-dealkylation sites (N-methyl/N-ethyl adjacent to an activating group) is 1. The Labute approximate surface area is 186 Å². The van der Waals surface area contributed by atoms with Gasteiger partial charge in [-0.3, -0.25) is 19.2 Å². The van der Waals surface area contributed by atoms with Crippen LogP contribution in [0.25, 0.3) is 0 Å². The number of ether oxygens (including phenoxy) is 1. The Morgan fingerprint density at radius 3 is 1.50 bits per heavy atom. The Kier molecular flexibility index (Phi) is 10.0. The molecule has 0 aliphatic carbocycles. The van der Waals surface area contributed by atoms with E-state index in [9.17, 15) is 19.2 Å². The number of carbonyl (C=O) groups is 4. The summed E-state index contributed by atoms with van der Waals surface area (Å²) in [5, 5.41) is 10.9. The first-order valence-electron chi connectivity index (χ1n) is 10.2. The van der Waals surface area contributed by atoms with E-state index in [0.717, 1.165) is 6.54 Å². The van der Waals surface area contributed by atoms with Crippen LogP contribution in [0.2, 0.25) is 0 Å². The Morgan fingerprint density at radius 1 is 0.656 bits per heavy atom. The van der Waals surface area contributed by atoms with Gasteiger partial charge in [0.15, 0.2) is 5.78 Å². The van der Waals surface area contributed by atoms with Crippen LogP contribution in [-0.2, 0) is 4.74 Å². The van der Waals surface area contributed by atoms with Crippen LogP contribution >= 0.6 is 0 Å². The summed E-state index contributed by atoms with van der Waals surface area (Å²) in [6.45, 7) is 3.51. The fourth-order valence-electron chi connectivity index (χ4n) is 2.65. The van der Waals surface area contributed by atoms with Gasteiger partial charge in [0.1, 0.15) is 0 Å². The summed E-state index contributed by atoms with van der Waals surface area (Å²) < 4.78 is 5.33. The molecule has 2 aromatic carbocycles. The largest absolute Gasteiger partial charge is 0.378 e. The Hall–Kier alpha value is -3.56. The van der Waals surface area contributed by atoms with Gasteiger partial charge in [-0.2, -0.15) is 0 Å². The third-order valence-corrected chi connectivity index (χ3v) is 4.49. The van der Waals surface area contributed by atoms with E-state index in [2.05, 4.69) is 21.3 Å². The minimum absolute atomic E-state index is 0.0675. The standard InChI is InChI=1S/C23H28N4O5/c1-16(28)17-3-5-19(6-4-17)22(30)26-15-27-23(31)20-9-7-18(8-10-20)21(29)25-12-14-32-13-11-24-2/h3-10,24H,11-15H2,1-2H3,(H,25,29)(H,26,30)(H,27,31). The summed E-state index contributed by atoms with van der Waals surface area (Å²) in [5.74, 6) is -1.09. The highest BCUT2D eigenvalue weighted by molar-refractivity contribution is 5.99. The molecule has 0 atom stereocenters. The molecule has 170 valence electrons. The van der Waals surface area contributed by atoms with Crippen molar-refractivity contribution in [2.45, 2.75) is 6.92 Å². The first-order chi connectivity index (χ1) is 15.4. The van der Waals surface area contributed by atoms with Crippen LogP contribution in [0, 0.1) is 0 Å². The second-order valence-electron chi connectivity index (χ2n) is 6.87. The zero-order valence-corrected chi connectivity index (χ0v) is 18.2. The molecule has 2 aromatic rings. The minimum atomic E-state index is -0.387. The topological polar surface area (TPSA) is 126 Å². The molecular weight excluding hydrogens is 412 g/mol. The van der Waals surface area contributed by atoms with Gasteiger partial charge in [0.25, 0.3) is 17.7 Å². The molecule has 3 amide bonds. The van der Waals surface area contributed by atoms with Gasteiger partial charge in [0, 0.05) is 35.3 Å². The smallest absolute Gasteiger partial charge is 0.252 e. The molecule has 32 heavy (non-hydrogen) atoms. The van der Waals surface area contributed by atoms with Crippen LogP contribution in [0.5, 0.6) is 0 Å². The predicted octanol–water partition coefficient (Wildman–Crippen LogP) is 0.972. The SMILES string of the molecule is CNCCOCCNC(=O)c1ccc(C(=O)NCNC(=O)c2ccc(C(C)=O)cc2)cc1. The maximum Gasteiger partial charge on any atom is 0.252 e. The number of rotatable bonds is 12. The molecule has 0 bridgehead atoms. The number of hydrogen-bond donors (Lipinski definition) is 4. The third kappa shape index (κ3) is 7.93. The van der Waals surface area contributed by atoms with Gasteiger partial charge in [-0.25, -0.2) is 0 Å². The highest BCUT2D eigenvalue weighted by Crippen LogP contribution is 2.06. The number of amides is 3. The van der Waals surface area contributed by atoms with E-state index in [1.165, 1.54) is 19.1 Å². The van der Waals surface area contributed by atoms with E-state index < -0.39 is 0 Å². The van der Waals surface area contributed by atoms with Crippen molar-refractivity contribution in [2.24, 2.45) is 0 Å². The van der Waals surface area contributed by atoms with Gasteiger partial charge in [-0.05, 0) is 50.4 Å². The van der Waals surface area contributed by atoms with Crippen molar-refractivity contribution in [3.63, 3.8) is 0 Å². The van der Waals surface area contributed by atoms with E-state index in [-0.39, 0.29) is 30.2 Å². The maximum atomic E-state index is 12.2. The quantitative estimate of drug-likeness (QED) is 0.221. The highest BCUT2D eigenvalue weighted by atomic mass is 16.5. The molecule has 0 radical (unpaired) electrons. The van der Waals surface area contributed by atoms with E-state index in [1.807, 2.05) is 7.05 Å². The molecule has 0 heterocycles. The summed E-state index contributed by atoms with van der Waals surface area (Å²) in [6, 6.07) is 12.4. The number of hydrogen-bond acceptors (Lipinski definition) is 6. The first kappa shape index (κ1) is 24.7. The number of nitrogens with one attached hydrogen (secondary N) is 4. The summed E-state index contributed by atoms with van der Waals surface area (Å²) in [5.41, 5.74) is 1.69. The second kappa shape index (κ2) is 13.0. The van der Waals surface area contributed by atoms with Gasteiger partial charge in [-0.1, -0.05) is 12.1 Å². The van der Waals surface area contributed by atoms with E-state index >= 15 is 0 Å². The number of carbonyl (C=O) groups excluding carboxylic acids is 4. The normalized spacial score (nSPS) is 10.3. The molecular formula is C23H28N4O5. The van der Waals surface area contributed by atoms with Gasteiger partial charge >= 0.3 is 0 Å². The van der Waals surface area contributed by atoms with E-state index in [1.54, 1.807) is 36.4 Å². The monoisotopic (exact) mass is 440 g/mol. The van der Waals surface area contributed by atoms with Crippen molar-refractivity contribution < 1.29 is 23.9 Å². The first-order valence-corrected chi connectivity index (χ1v) is 10.2. The lowest BCUT2D eigenvalue weighted by Gasteiger charge is -2.09. The molecule has 9 nitrogen and oxygen atoms in total. The molecule has 0 saturated heterocycles. The van der Waals surface area contributed by atoms with E-state index in [0.29, 0.717) is 42.0 Å². The van der Waals surface area contributed by atoms with Crippen LogP contribution in [0.1, 0.15) is 48.4 Å². The summed E-state index contributed by atoms with van der Waals surface area (Å²) in [7, 11) is 1.84. The summed E-state index contributed by atoms with van der Waals surface area (Å²) in [4.78, 5) is 47.7. The molecule has 4 N–H and O–H groups in total. The number of ketones is 1. The number of benzene rings is 2. The van der Waals surface area contributed by atoms with E-state index in [4.69, 9.17) is 4.74 Å². The molecule has 0 fully saturated rings. The Balaban J connectivity index is 1.74. The van der Waals surface area contributed by atoms with Crippen LogP contribution in [0.3, 0.4) is 0 Å². The van der Waals surface area contributed by atoms with Crippen molar-refractivity contribution in [2.75, 3.05) is 40.0 Å². The van der Waals surface area contributed by atoms with Crippen molar-refractivity contribution in [1.82, 2.24) is 21.3 Å². The van der Waals surface area contributed by atoms with Gasteiger partial charge in [-0.15, -0.1) is 0 Å². The minimum Gasteiger partial charge on any atom is -0.378 e. The Morgan fingerprint density at radius 2 is 1.06 bits per heavy atom. The molecule has 9 heteroatoms. The van der Waals surface area contributed by atoms with Crippen molar-refractivity contribution in [3.05, 3.63) is 70.8 Å². The lowest BCUT2D eigenvalue weighted by molar-refractivity contribution is 0.0905. The lowest BCUT2D eigenvalue weighted by atomic mass is 10.1. The van der Waals surface area contributed by atoms with Crippen LogP contribution in [0.4, 0.5) is 0 Å². The van der Waals surface area contributed by atoms with Crippen molar-refractivity contribution in [3.8, 4) is 0 Å².